The average molecular weight is 343 g/mol. The first-order valence-corrected chi connectivity index (χ1v) is 7.57. The van der Waals surface area contributed by atoms with Gasteiger partial charge in [-0.3, -0.25) is 10.1 Å². The summed E-state index contributed by atoms with van der Waals surface area (Å²) in [5.41, 5.74) is 0.785. The number of rotatable bonds is 7. The van der Waals surface area contributed by atoms with Crippen molar-refractivity contribution in [3.8, 4) is 5.75 Å². The Bertz CT molecular complexity index is 503. The molecular formula is C14H19BrN2O3. The number of benzene rings is 1. The number of nitro groups is 1. The third-order valence-electron chi connectivity index (χ3n) is 3.26. The van der Waals surface area contributed by atoms with Gasteiger partial charge in [-0.2, -0.15) is 0 Å². The second kappa shape index (κ2) is 6.54. The molecule has 0 aliphatic heterocycles. The van der Waals surface area contributed by atoms with Gasteiger partial charge >= 0.3 is 5.69 Å². The predicted molar refractivity (Wildman–Crippen MR) is 81.2 cm³/mol. The zero-order valence-corrected chi connectivity index (χ0v) is 13.3. The van der Waals surface area contributed by atoms with Crippen molar-refractivity contribution >= 4 is 21.6 Å². The molecule has 0 amide bonds. The van der Waals surface area contributed by atoms with Crippen LogP contribution in [0.5, 0.6) is 5.75 Å². The Morgan fingerprint density at radius 3 is 2.85 bits per heavy atom. The molecule has 1 saturated carbocycles. The molecule has 1 unspecified atom stereocenters. The molecule has 1 fully saturated rings. The summed E-state index contributed by atoms with van der Waals surface area (Å²) >= 11 is 3.27. The van der Waals surface area contributed by atoms with Crippen molar-refractivity contribution in [2.24, 2.45) is 5.92 Å². The first kappa shape index (κ1) is 15.3. The van der Waals surface area contributed by atoms with Crippen LogP contribution in [0.2, 0.25) is 0 Å². The number of nitrogens with one attached hydrogen (secondary N) is 1. The molecule has 1 aliphatic carbocycles. The van der Waals surface area contributed by atoms with E-state index in [4.69, 9.17) is 4.74 Å². The van der Waals surface area contributed by atoms with E-state index in [1.807, 2.05) is 13.0 Å². The van der Waals surface area contributed by atoms with Crippen LogP contribution in [-0.2, 0) is 0 Å². The lowest BCUT2D eigenvalue weighted by Gasteiger charge is -2.15. The van der Waals surface area contributed by atoms with Crippen LogP contribution < -0.4 is 10.1 Å². The van der Waals surface area contributed by atoms with Crippen LogP contribution in [0.15, 0.2) is 16.6 Å². The van der Waals surface area contributed by atoms with Crippen molar-refractivity contribution in [2.75, 3.05) is 13.2 Å². The molecule has 0 saturated heterocycles. The fraction of sp³-hybridized carbons (Fsp3) is 0.571. The van der Waals surface area contributed by atoms with Crippen molar-refractivity contribution in [3.63, 3.8) is 0 Å². The molecule has 0 aromatic heterocycles. The van der Waals surface area contributed by atoms with Gasteiger partial charge in [0, 0.05) is 29.0 Å². The smallest absolute Gasteiger partial charge is 0.312 e. The molecule has 5 nitrogen and oxygen atoms in total. The van der Waals surface area contributed by atoms with Gasteiger partial charge in [0.05, 0.1) is 11.5 Å². The SMILES string of the molecule is Cc1cc(Br)cc([N+](=O)[O-])c1OCC(C)CNC1CC1. The lowest BCUT2D eigenvalue weighted by atomic mass is 10.1. The van der Waals surface area contributed by atoms with Crippen LogP contribution >= 0.6 is 15.9 Å². The Balaban J connectivity index is 1.98. The van der Waals surface area contributed by atoms with Gasteiger partial charge in [0.15, 0.2) is 5.75 Å². The van der Waals surface area contributed by atoms with E-state index in [9.17, 15) is 10.1 Å². The van der Waals surface area contributed by atoms with Crippen LogP contribution in [0.3, 0.4) is 0 Å². The van der Waals surface area contributed by atoms with Crippen molar-refractivity contribution in [2.45, 2.75) is 32.7 Å². The van der Waals surface area contributed by atoms with Crippen molar-refractivity contribution in [3.05, 3.63) is 32.3 Å². The summed E-state index contributed by atoms with van der Waals surface area (Å²) in [6.07, 6.45) is 2.51. The maximum absolute atomic E-state index is 11.1. The van der Waals surface area contributed by atoms with Gasteiger partial charge in [0.25, 0.3) is 0 Å². The Kier molecular flexibility index (Phi) is 4.99. The molecule has 1 N–H and O–H groups in total. The Morgan fingerprint density at radius 1 is 1.55 bits per heavy atom. The van der Waals surface area contributed by atoms with Crippen molar-refractivity contribution in [1.29, 1.82) is 0 Å². The number of halogens is 1. The van der Waals surface area contributed by atoms with Crippen LogP contribution in [0.25, 0.3) is 0 Å². The van der Waals surface area contributed by atoms with Crippen molar-refractivity contribution < 1.29 is 9.66 Å². The summed E-state index contributed by atoms with van der Waals surface area (Å²) < 4.78 is 6.39. The summed E-state index contributed by atoms with van der Waals surface area (Å²) in [4.78, 5) is 10.7. The fourth-order valence-corrected chi connectivity index (χ4v) is 2.54. The molecule has 2 rings (SSSR count). The minimum absolute atomic E-state index is 0.0132. The summed E-state index contributed by atoms with van der Waals surface area (Å²) in [5.74, 6) is 0.690. The van der Waals surface area contributed by atoms with E-state index in [1.165, 1.54) is 18.9 Å². The molecule has 0 heterocycles. The highest BCUT2D eigenvalue weighted by molar-refractivity contribution is 9.10. The molecule has 110 valence electrons. The molecule has 1 aliphatic rings. The standard InChI is InChI=1S/C14H19BrN2O3/c1-9(7-16-12-3-4-12)8-20-14-10(2)5-11(15)6-13(14)17(18)19/h5-6,9,12,16H,3-4,7-8H2,1-2H3. The summed E-state index contributed by atoms with van der Waals surface area (Å²) in [6, 6.07) is 3.98. The first-order valence-electron chi connectivity index (χ1n) is 6.78. The van der Waals surface area contributed by atoms with Gasteiger partial charge in [-0.1, -0.05) is 22.9 Å². The van der Waals surface area contributed by atoms with E-state index >= 15 is 0 Å². The molecule has 0 spiro atoms. The molecular weight excluding hydrogens is 324 g/mol. The minimum Gasteiger partial charge on any atom is -0.486 e. The molecule has 0 radical (unpaired) electrons. The van der Waals surface area contributed by atoms with Gasteiger partial charge < -0.3 is 10.1 Å². The highest BCUT2D eigenvalue weighted by atomic mass is 79.9. The number of hydrogen-bond acceptors (Lipinski definition) is 4. The van der Waals surface area contributed by atoms with E-state index in [0.29, 0.717) is 28.8 Å². The van der Waals surface area contributed by atoms with Gasteiger partial charge in [-0.25, -0.2) is 0 Å². The highest BCUT2D eigenvalue weighted by Crippen LogP contribution is 2.34. The van der Waals surface area contributed by atoms with Crippen molar-refractivity contribution in [1.82, 2.24) is 5.32 Å². The van der Waals surface area contributed by atoms with E-state index in [0.717, 1.165) is 12.1 Å². The van der Waals surface area contributed by atoms with E-state index in [-0.39, 0.29) is 5.69 Å². The summed E-state index contributed by atoms with van der Waals surface area (Å²) in [6.45, 7) is 5.26. The van der Waals surface area contributed by atoms with Gasteiger partial charge in [0.2, 0.25) is 0 Å². The zero-order chi connectivity index (χ0) is 14.7. The molecule has 6 heteroatoms. The topological polar surface area (TPSA) is 64.4 Å². The van der Waals surface area contributed by atoms with Crippen LogP contribution in [0.4, 0.5) is 5.69 Å². The minimum atomic E-state index is -0.403. The normalized spacial score (nSPS) is 15.9. The van der Waals surface area contributed by atoms with E-state index in [2.05, 4.69) is 28.2 Å². The number of hydrogen-bond donors (Lipinski definition) is 1. The number of ether oxygens (including phenoxy) is 1. The Hall–Kier alpha value is -1.14. The van der Waals surface area contributed by atoms with E-state index < -0.39 is 4.92 Å². The number of aryl methyl sites for hydroxylation is 1. The first-order chi connectivity index (χ1) is 9.47. The average Bonchev–Trinajstić information content (AvgIpc) is 3.18. The predicted octanol–water partition coefficient (Wildman–Crippen LogP) is 3.43. The maximum atomic E-state index is 11.1. The lowest BCUT2D eigenvalue weighted by Crippen LogP contribution is -2.26. The quantitative estimate of drug-likeness (QED) is 0.609. The van der Waals surface area contributed by atoms with Crippen LogP contribution in [0.1, 0.15) is 25.3 Å². The van der Waals surface area contributed by atoms with Gasteiger partial charge in [-0.15, -0.1) is 0 Å². The maximum Gasteiger partial charge on any atom is 0.312 e. The molecule has 0 bridgehead atoms. The third kappa shape index (κ3) is 4.18. The lowest BCUT2D eigenvalue weighted by molar-refractivity contribution is -0.386. The fourth-order valence-electron chi connectivity index (χ4n) is 1.98. The molecule has 1 aromatic carbocycles. The third-order valence-corrected chi connectivity index (χ3v) is 3.72. The Labute approximate surface area is 127 Å². The summed E-state index contributed by atoms with van der Waals surface area (Å²) in [5, 5.41) is 14.5. The van der Waals surface area contributed by atoms with Crippen LogP contribution in [-0.4, -0.2) is 24.1 Å². The highest BCUT2D eigenvalue weighted by Gasteiger charge is 2.22. The largest absolute Gasteiger partial charge is 0.486 e. The van der Waals surface area contributed by atoms with E-state index in [1.54, 1.807) is 0 Å². The number of nitro benzene ring substituents is 1. The zero-order valence-electron chi connectivity index (χ0n) is 11.7. The Morgan fingerprint density at radius 2 is 2.25 bits per heavy atom. The second-order valence-electron chi connectivity index (χ2n) is 5.43. The molecule has 1 atom stereocenters. The summed E-state index contributed by atoms with van der Waals surface area (Å²) in [7, 11) is 0. The second-order valence-corrected chi connectivity index (χ2v) is 6.34. The van der Waals surface area contributed by atoms with Crippen LogP contribution in [0, 0.1) is 23.0 Å². The monoisotopic (exact) mass is 342 g/mol. The van der Waals surface area contributed by atoms with Gasteiger partial charge in [-0.05, 0) is 31.4 Å². The molecule has 20 heavy (non-hydrogen) atoms. The van der Waals surface area contributed by atoms with Gasteiger partial charge in [0.1, 0.15) is 0 Å². The number of nitrogens with zero attached hydrogens (tertiary/aromatic N) is 1. The molecule has 1 aromatic rings.